The molecule has 160 valence electrons. The molecule has 1 amide bonds. The Bertz CT molecular complexity index is 623. The predicted molar refractivity (Wildman–Crippen MR) is 107 cm³/mol. The van der Waals surface area contributed by atoms with Crippen molar-refractivity contribution in [3.05, 3.63) is 23.9 Å². The molecule has 1 unspecified atom stereocenters. The minimum absolute atomic E-state index is 0. The van der Waals surface area contributed by atoms with Crippen LogP contribution >= 0.6 is 24.8 Å². The van der Waals surface area contributed by atoms with E-state index >= 15 is 0 Å². The Morgan fingerprint density at radius 1 is 1.18 bits per heavy atom. The van der Waals surface area contributed by atoms with Crippen LogP contribution in [0, 0.1) is 0 Å². The van der Waals surface area contributed by atoms with Gasteiger partial charge in [0.25, 0.3) is 5.91 Å². The molecule has 1 atom stereocenters. The molecule has 28 heavy (non-hydrogen) atoms. The molecule has 0 spiro atoms. The fraction of sp³-hybridized carbons (Fsp3) is 0.647. The zero-order valence-electron chi connectivity index (χ0n) is 15.4. The topological polar surface area (TPSA) is 60.5 Å². The van der Waals surface area contributed by atoms with Crippen molar-refractivity contribution in [1.82, 2.24) is 20.5 Å². The van der Waals surface area contributed by atoms with Crippen molar-refractivity contribution in [2.24, 2.45) is 0 Å². The normalized spacial score (nSPS) is 18.8. The number of nitrogens with zero attached hydrogens (tertiary/aromatic N) is 3. The molecule has 6 nitrogen and oxygen atoms in total. The van der Waals surface area contributed by atoms with Crippen LogP contribution in [-0.4, -0.2) is 73.8 Å². The third-order valence-corrected chi connectivity index (χ3v) is 4.86. The molecule has 2 aliphatic rings. The van der Waals surface area contributed by atoms with E-state index in [1.165, 1.54) is 4.90 Å². The van der Waals surface area contributed by atoms with Gasteiger partial charge in [0.15, 0.2) is 0 Å². The highest BCUT2D eigenvalue weighted by atomic mass is 35.5. The Morgan fingerprint density at radius 3 is 2.43 bits per heavy atom. The van der Waals surface area contributed by atoms with Gasteiger partial charge in [-0.05, 0) is 25.0 Å². The number of halogens is 5. The smallest absolute Gasteiger partial charge is 0.356 e. The number of carbonyl (C=O) groups is 1. The average molecular weight is 444 g/mol. The van der Waals surface area contributed by atoms with E-state index in [1.807, 2.05) is 4.90 Å². The molecule has 1 aromatic heterocycles. The lowest BCUT2D eigenvalue weighted by molar-refractivity contribution is -0.183. The molecule has 3 heterocycles. The van der Waals surface area contributed by atoms with Gasteiger partial charge in [0.1, 0.15) is 11.9 Å². The van der Waals surface area contributed by atoms with E-state index in [0.717, 1.165) is 25.9 Å². The number of hydrogen-bond donors (Lipinski definition) is 2. The summed E-state index contributed by atoms with van der Waals surface area (Å²) in [4.78, 5) is 20.2. The summed E-state index contributed by atoms with van der Waals surface area (Å²) in [6.07, 6.45) is -0.741. The lowest BCUT2D eigenvalue weighted by Gasteiger charge is -2.36. The summed E-state index contributed by atoms with van der Waals surface area (Å²) >= 11 is 0. The monoisotopic (exact) mass is 443 g/mol. The van der Waals surface area contributed by atoms with Crippen molar-refractivity contribution >= 4 is 36.5 Å². The first-order valence-electron chi connectivity index (χ1n) is 8.96. The van der Waals surface area contributed by atoms with E-state index < -0.39 is 24.7 Å². The van der Waals surface area contributed by atoms with E-state index in [9.17, 15) is 18.0 Å². The molecule has 0 radical (unpaired) electrons. The van der Waals surface area contributed by atoms with Gasteiger partial charge in [0.05, 0.1) is 5.56 Å². The highest BCUT2D eigenvalue weighted by Crippen LogP contribution is 2.25. The third kappa shape index (κ3) is 6.10. The van der Waals surface area contributed by atoms with Crippen molar-refractivity contribution < 1.29 is 18.0 Å². The Kier molecular flexibility index (Phi) is 9.76. The van der Waals surface area contributed by atoms with Gasteiger partial charge in [-0.2, -0.15) is 13.2 Å². The van der Waals surface area contributed by atoms with Crippen LogP contribution in [0.5, 0.6) is 0 Å². The molecule has 0 aromatic carbocycles. The number of alkyl halides is 3. The second-order valence-corrected chi connectivity index (χ2v) is 6.62. The van der Waals surface area contributed by atoms with Gasteiger partial charge >= 0.3 is 6.18 Å². The van der Waals surface area contributed by atoms with Crippen molar-refractivity contribution in [2.45, 2.75) is 25.1 Å². The van der Waals surface area contributed by atoms with Gasteiger partial charge in [0.2, 0.25) is 0 Å². The third-order valence-electron chi connectivity index (χ3n) is 4.86. The first-order valence-corrected chi connectivity index (χ1v) is 8.96. The number of pyridine rings is 1. The number of piperazine rings is 1. The van der Waals surface area contributed by atoms with Gasteiger partial charge in [-0.3, -0.25) is 9.69 Å². The Hall–Kier alpha value is -1.29. The molecule has 2 saturated heterocycles. The van der Waals surface area contributed by atoms with Crippen LogP contribution in [0.3, 0.4) is 0 Å². The summed E-state index contributed by atoms with van der Waals surface area (Å²) in [5, 5.41) is 5.52. The van der Waals surface area contributed by atoms with Crippen LogP contribution < -0.4 is 15.5 Å². The molecule has 2 fully saturated rings. The summed E-state index contributed by atoms with van der Waals surface area (Å²) < 4.78 is 40.3. The molecule has 0 aliphatic carbocycles. The summed E-state index contributed by atoms with van der Waals surface area (Å²) in [6, 6.07) is 1.57. The Labute approximate surface area is 175 Å². The minimum Gasteiger partial charge on any atom is -0.356 e. The maximum atomic E-state index is 13.4. The number of aromatic nitrogens is 1. The number of nitrogens with one attached hydrogen (secondary N) is 2. The molecule has 0 bridgehead atoms. The molecule has 2 aliphatic heterocycles. The van der Waals surface area contributed by atoms with Crippen LogP contribution in [0.2, 0.25) is 0 Å². The van der Waals surface area contributed by atoms with E-state index in [1.54, 1.807) is 18.3 Å². The fourth-order valence-corrected chi connectivity index (χ4v) is 3.49. The predicted octanol–water partition coefficient (Wildman–Crippen LogP) is 2.09. The zero-order chi connectivity index (χ0) is 18.6. The van der Waals surface area contributed by atoms with Crippen molar-refractivity contribution in [3.8, 4) is 0 Å². The molecule has 3 rings (SSSR count). The fourth-order valence-electron chi connectivity index (χ4n) is 3.49. The standard InChI is InChI=1S/C17H24F3N5O.2ClH/c18-17(19,20)14(24-10-6-21-7-11-24)12-23-16(26)13-4-3-5-22-15(13)25-8-1-2-9-25;;/h3-5,14,21H,1-2,6-12H2,(H,23,26);2*1H. The largest absolute Gasteiger partial charge is 0.405 e. The SMILES string of the molecule is Cl.Cl.O=C(NCC(N1CCNCC1)C(F)(F)F)c1cccnc1N1CCCC1. The molecule has 11 heteroatoms. The molecule has 0 saturated carbocycles. The number of hydrogen-bond acceptors (Lipinski definition) is 5. The molecular weight excluding hydrogens is 418 g/mol. The Balaban J connectivity index is 0.00000196. The van der Waals surface area contributed by atoms with Crippen molar-refractivity contribution in [1.29, 1.82) is 0 Å². The van der Waals surface area contributed by atoms with Crippen molar-refractivity contribution in [3.63, 3.8) is 0 Å². The lowest BCUT2D eigenvalue weighted by Crippen LogP contribution is -2.57. The van der Waals surface area contributed by atoms with Crippen LogP contribution in [0.15, 0.2) is 18.3 Å². The van der Waals surface area contributed by atoms with Gasteiger partial charge < -0.3 is 15.5 Å². The van der Waals surface area contributed by atoms with E-state index in [-0.39, 0.29) is 24.8 Å². The van der Waals surface area contributed by atoms with Crippen LogP contribution in [0.1, 0.15) is 23.2 Å². The average Bonchev–Trinajstić information content (AvgIpc) is 3.16. The second-order valence-electron chi connectivity index (χ2n) is 6.62. The van der Waals surface area contributed by atoms with Gasteiger partial charge in [-0.25, -0.2) is 4.98 Å². The summed E-state index contributed by atoms with van der Waals surface area (Å²) in [7, 11) is 0. The molecule has 1 aromatic rings. The van der Waals surface area contributed by atoms with Gasteiger partial charge in [-0.1, -0.05) is 0 Å². The number of rotatable bonds is 5. The van der Waals surface area contributed by atoms with E-state index in [0.29, 0.717) is 37.6 Å². The maximum absolute atomic E-state index is 13.4. The van der Waals surface area contributed by atoms with Crippen LogP contribution in [0.25, 0.3) is 0 Å². The van der Waals surface area contributed by atoms with E-state index in [2.05, 4.69) is 15.6 Å². The minimum atomic E-state index is -4.39. The summed E-state index contributed by atoms with van der Waals surface area (Å²) in [6.45, 7) is 2.81. The Morgan fingerprint density at radius 2 is 1.82 bits per heavy atom. The summed E-state index contributed by atoms with van der Waals surface area (Å²) in [5.41, 5.74) is 0.329. The summed E-state index contributed by atoms with van der Waals surface area (Å²) in [5.74, 6) is 0.0395. The highest BCUT2D eigenvalue weighted by Gasteiger charge is 2.44. The molecule has 2 N–H and O–H groups in total. The highest BCUT2D eigenvalue weighted by molar-refractivity contribution is 5.98. The first-order chi connectivity index (χ1) is 12.5. The number of anilines is 1. The maximum Gasteiger partial charge on any atom is 0.405 e. The van der Waals surface area contributed by atoms with E-state index in [4.69, 9.17) is 0 Å². The number of carbonyl (C=O) groups excluding carboxylic acids is 1. The molecular formula is C17H26Cl2F3N5O. The van der Waals surface area contributed by atoms with Gasteiger partial charge in [-0.15, -0.1) is 24.8 Å². The van der Waals surface area contributed by atoms with Crippen molar-refractivity contribution in [2.75, 3.05) is 50.7 Å². The first kappa shape index (κ1) is 24.7. The quantitative estimate of drug-likeness (QED) is 0.729. The zero-order valence-corrected chi connectivity index (χ0v) is 17.0. The second kappa shape index (κ2) is 11.0. The van der Waals surface area contributed by atoms with Crippen LogP contribution in [0.4, 0.5) is 19.0 Å². The lowest BCUT2D eigenvalue weighted by atomic mass is 10.2. The number of amides is 1. The van der Waals surface area contributed by atoms with Crippen LogP contribution in [-0.2, 0) is 0 Å². The van der Waals surface area contributed by atoms with Gasteiger partial charge in [0, 0.05) is 52.0 Å².